The maximum absolute atomic E-state index is 11.9. The number of thioether (sulfide) groups is 1. The van der Waals surface area contributed by atoms with Crippen molar-refractivity contribution in [2.24, 2.45) is 0 Å². The van der Waals surface area contributed by atoms with Gasteiger partial charge in [0.2, 0.25) is 5.91 Å². The molecule has 94 valence electrons. The minimum atomic E-state index is -0.0945. The number of carbonyl (C=O) groups excluding carboxylic acids is 1. The largest absolute Gasteiger partial charge is 0.352 e. The van der Waals surface area contributed by atoms with Gasteiger partial charge in [-0.1, -0.05) is 35.9 Å². The van der Waals surface area contributed by atoms with Crippen molar-refractivity contribution >= 4 is 29.0 Å². The van der Waals surface area contributed by atoms with Crippen molar-refractivity contribution in [2.45, 2.75) is 55.2 Å². The third-order valence-corrected chi connectivity index (χ3v) is 4.88. The summed E-state index contributed by atoms with van der Waals surface area (Å²) in [4.78, 5) is 11.9. The number of aryl methyl sites for hydroxylation is 1. The van der Waals surface area contributed by atoms with E-state index in [9.17, 15) is 4.79 Å². The lowest BCUT2D eigenvalue weighted by atomic mass is 10.2. The Morgan fingerprint density at radius 2 is 2.18 bits per heavy atom. The van der Waals surface area contributed by atoms with Gasteiger partial charge in [-0.2, -0.15) is 0 Å². The molecule has 1 fully saturated rings. The highest BCUT2D eigenvalue weighted by atomic mass is 32.2. The summed E-state index contributed by atoms with van der Waals surface area (Å²) >= 11 is 3.03. The molecule has 0 saturated heterocycles. The molecule has 1 atom stereocenters. The summed E-state index contributed by atoms with van der Waals surface area (Å²) in [6.45, 7) is 3.84. The summed E-state index contributed by atoms with van der Waals surface area (Å²) < 4.78 is 0.872. The molecule has 1 aromatic heterocycles. The first-order chi connectivity index (χ1) is 8.15. The minimum Gasteiger partial charge on any atom is -0.352 e. The van der Waals surface area contributed by atoms with Gasteiger partial charge in [0.15, 0.2) is 4.34 Å². The number of nitrogens with one attached hydrogen (secondary N) is 1. The van der Waals surface area contributed by atoms with E-state index in [0.717, 1.165) is 22.2 Å². The Morgan fingerprint density at radius 3 is 2.76 bits per heavy atom. The van der Waals surface area contributed by atoms with Gasteiger partial charge in [0.1, 0.15) is 5.01 Å². The second-order valence-electron chi connectivity index (χ2n) is 4.34. The molecule has 17 heavy (non-hydrogen) atoms. The van der Waals surface area contributed by atoms with Gasteiger partial charge in [-0.15, -0.1) is 10.2 Å². The van der Waals surface area contributed by atoms with E-state index in [2.05, 4.69) is 15.5 Å². The van der Waals surface area contributed by atoms with E-state index in [1.807, 2.05) is 13.8 Å². The zero-order valence-electron chi connectivity index (χ0n) is 10.1. The van der Waals surface area contributed by atoms with E-state index in [4.69, 9.17) is 0 Å². The third kappa shape index (κ3) is 3.67. The van der Waals surface area contributed by atoms with Crippen LogP contribution in [0.15, 0.2) is 4.34 Å². The maximum atomic E-state index is 11.9. The van der Waals surface area contributed by atoms with Crippen LogP contribution in [0, 0.1) is 6.92 Å². The predicted molar refractivity (Wildman–Crippen MR) is 70.4 cm³/mol. The number of nitrogens with zero attached hydrogens (tertiary/aromatic N) is 2. The van der Waals surface area contributed by atoms with Crippen molar-refractivity contribution in [3.05, 3.63) is 5.01 Å². The predicted octanol–water partition coefficient (Wildman–Crippen LogP) is 2.39. The zero-order valence-corrected chi connectivity index (χ0v) is 11.7. The van der Waals surface area contributed by atoms with E-state index >= 15 is 0 Å². The quantitative estimate of drug-likeness (QED) is 0.854. The molecule has 0 aliphatic heterocycles. The molecule has 1 amide bonds. The molecule has 0 bridgehead atoms. The Kier molecular flexibility index (Phi) is 4.39. The number of amides is 1. The second kappa shape index (κ2) is 5.82. The Bertz CT molecular complexity index is 388. The Labute approximate surface area is 110 Å². The van der Waals surface area contributed by atoms with Crippen LogP contribution >= 0.6 is 23.1 Å². The standard InChI is InChI=1S/C11H17N3OS2/c1-7(16-11-14-13-8(2)17-11)10(15)12-9-5-3-4-6-9/h7,9H,3-6H2,1-2H3,(H,12,15)/t7-/m0/s1. The van der Waals surface area contributed by atoms with Gasteiger partial charge in [0, 0.05) is 6.04 Å². The molecule has 1 aliphatic carbocycles. The normalized spacial score (nSPS) is 18.2. The minimum absolute atomic E-state index is 0.0945. The maximum Gasteiger partial charge on any atom is 0.233 e. The summed E-state index contributed by atoms with van der Waals surface area (Å²) in [5.41, 5.74) is 0. The van der Waals surface area contributed by atoms with Crippen LogP contribution in [0.25, 0.3) is 0 Å². The van der Waals surface area contributed by atoms with Crippen LogP contribution in [0.2, 0.25) is 0 Å². The summed E-state index contributed by atoms with van der Waals surface area (Å²) in [5.74, 6) is 0.120. The van der Waals surface area contributed by atoms with Crippen LogP contribution < -0.4 is 5.32 Å². The van der Waals surface area contributed by atoms with Crippen LogP contribution in [0.5, 0.6) is 0 Å². The topological polar surface area (TPSA) is 54.9 Å². The van der Waals surface area contributed by atoms with Gasteiger partial charge in [0.05, 0.1) is 5.25 Å². The smallest absolute Gasteiger partial charge is 0.233 e. The van der Waals surface area contributed by atoms with Gasteiger partial charge < -0.3 is 5.32 Å². The fourth-order valence-corrected chi connectivity index (χ4v) is 3.89. The summed E-state index contributed by atoms with van der Waals surface area (Å²) in [5, 5.41) is 11.9. The molecule has 0 aromatic carbocycles. The van der Waals surface area contributed by atoms with E-state index in [1.54, 1.807) is 0 Å². The van der Waals surface area contributed by atoms with Gasteiger partial charge in [-0.05, 0) is 26.7 Å². The van der Waals surface area contributed by atoms with Gasteiger partial charge >= 0.3 is 0 Å². The monoisotopic (exact) mass is 271 g/mol. The molecule has 6 heteroatoms. The van der Waals surface area contributed by atoms with Crippen molar-refractivity contribution in [2.75, 3.05) is 0 Å². The van der Waals surface area contributed by atoms with Gasteiger partial charge in [0.25, 0.3) is 0 Å². The van der Waals surface area contributed by atoms with Gasteiger partial charge in [-0.3, -0.25) is 4.79 Å². The lowest BCUT2D eigenvalue weighted by molar-refractivity contribution is -0.120. The van der Waals surface area contributed by atoms with Crippen molar-refractivity contribution in [3.8, 4) is 0 Å². The molecule has 1 aromatic rings. The van der Waals surface area contributed by atoms with E-state index in [-0.39, 0.29) is 11.2 Å². The molecule has 1 aliphatic rings. The Hall–Kier alpha value is -0.620. The number of carbonyl (C=O) groups is 1. The fourth-order valence-electron chi connectivity index (χ4n) is 1.92. The summed E-state index contributed by atoms with van der Waals surface area (Å²) in [6, 6.07) is 0.390. The molecule has 2 rings (SSSR count). The van der Waals surface area contributed by atoms with E-state index in [0.29, 0.717) is 6.04 Å². The molecule has 0 unspecified atom stereocenters. The molecule has 1 saturated carbocycles. The Balaban J connectivity index is 1.82. The molecular formula is C11H17N3OS2. The van der Waals surface area contributed by atoms with Crippen molar-refractivity contribution in [3.63, 3.8) is 0 Å². The SMILES string of the molecule is Cc1nnc(S[C@@H](C)C(=O)NC2CCCC2)s1. The third-order valence-electron chi connectivity index (χ3n) is 2.86. The lowest BCUT2D eigenvalue weighted by Gasteiger charge is -2.15. The van der Waals surface area contributed by atoms with E-state index in [1.165, 1.54) is 35.9 Å². The highest BCUT2D eigenvalue weighted by molar-refractivity contribution is 8.02. The number of aromatic nitrogens is 2. The molecular weight excluding hydrogens is 254 g/mol. The van der Waals surface area contributed by atoms with Crippen LogP contribution in [0.3, 0.4) is 0 Å². The first kappa shape index (κ1) is 12.8. The summed E-state index contributed by atoms with van der Waals surface area (Å²) in [6.07, 6.45) is 4.73. The first-order valence-corrected chi connectivity index (χ1v) is 7.62. The number of hydrogen-bond donors (Lipinski definition) is 1. The van der Waals surface area contributed by atoms with E-state index < -0.39 is 0 Å². The van der Waals surface area contributed by atoms with Crippen molar-refractivity contribution < 1.29 is 4.79 Å². The average Bonchev–Trinajstić information content (AvgIpc) is 2.90. The van der Waals surface area contributed by atoms with Crippen LogP contribution in [-0.2, 0) is 4.79 Å². The highest BCUT2D eigenvalue weighted by Gasteiger charge is 2.22. The van der Waals surface area contributed by atoms with Crippen LogP contribution in [0.4, 0.5) is 0 Å². The fraction of sp³-hybridized carbons (Fsp3) is 0.727. The van der Waals surface area contributed by atoms with Crippen LogP contribution in [0.1, 0.15) is 37.6 Å². The van der Waals surface area contributed by atoms with Gasteiger partial charge in [-0.25, -0.2) is 0 Å². The molecule has 1 heterocycles. The molecule has 4 nitrogen and oxygen atoms in total. The summed E-state index contributed by atoms with van der Waals surface area (Å²) in [7, 11) is 0. The number of rotatable bonds is 4. The molecule has 0 spiro atoms. The average molecular weight is 271 g/mol. The lowest BCUT2D eigenvalue weighted by Crippen LogP contribution is -2.37. The second-order valence-corrected chi connectivity index (χ2v) is 7.11. The van der Waals surface area contributed by atoms with Crippen molar-refractivity contribution in [1.82, 2.24) is 15.5 Å². The van der Waals surface area contributed by atoms with Crippen molar-refractivity contribution in [1.29, 1.82) is 0 Å². The molecule has 0 radical (unpaired) electrons. The highest BCUT2D eigenvalue weighted by Crippen LogP contribution is 2.26. The first-order valence-electron chi connectivity index (χ1n) is 5.92. The Morgan fingerprint density at radius 1 is 1.47 bits per heavy atom. The van der Waals surface area contributed by atoms with Crippen LogP contribution in [-0.4, -0.2) is 27.4 Å². The number of hydrogen-bond acceptors (Lipinski definition) is 5. The molecule has 1 N–H and O–H groups in total. The zero-order chi connectivity index (χ0) is 12.3.